The molecule has 0 saturated carbocycles. The van der Waals surface area contributed by atoms with E-state index in [0.29, 0.717) is 66.0 Å². The topological polar surface area (TPSA) is 458 Å². The molecule has 13 atom stereocenters. The van der Waals surface area contributed by atoms with Crippen molar-refractivity contribution in [2.45, 2.75) is 106 Å². The monoisotopic (exact) mass is 1460 g/mol. The van der Waals surface area contributed by atoms with Gasteiger partial charge in [-0.2, -0.15) is 0 Å². The van der Waals surface area contributed by atoms with Crippen LogP contribution in [0.2, 0.25) is 0 Å². The van der Waals surface area contributed by atoms with Gasteiger partial charge in [-0.1, -0.05) is 90.7 Å². The highest BCUT2D eigenvalue weighted by Gasteiger charge is 2.45. The van der Waals surface area contributed by atoms with E-state index in [2.05, 4.69) is 42.0 Å². The fraction of sp³-hybridized carbons (Fsp3) is 0.439. The number of esters is 2. The van der Waals surface area contributed by atoms with E-state index in [4.69, 9.17) is 58.0 Å². The molecule has 0 aliphatic carbocycles. The number of nitrogens with one attached hydrogen (secondary N) is 3. The second kappa shape index (κ2) is 32.1. The Kier molecular flexibility index (Phi) is 23.1. The Morgan fingerprint density at radius 3 is 1.86 bits per heavy atom. The molecular weight excluding hydrogens is 1390 g/mol. The van der Waals surface area contributed by atoms with Crippen molar-refractivity contribution in [3.05, 3.63) is 168 Å². The average molecular weight is 1460 g/mol. The third kappa shape index (κ3) is 17.6. The fourth-order valence-electron chi connectivity index (χ4n) is 12.8. The summed E-state index contributed by atoms with van der Waals surface area (Å²) >= 11 is 0. The van der Waals surface area contributed by atoms with Crippen molar-refractivity contribution in [1.82, 2.24) is 53.7 Å². The summed E-state index contributed by atoms with van der Waals surface area (Å²) in [6, 6.07) is 23.7. The van der Waals surface area contributed by atoms with Gasteiger partial charge < -0.3 is 87.7 Å². The molecule has 7 aromatic rings. The van der Waals surface area contributed by atoms with Gasteiger partial charge in [-0.05, 0) is 30.8 Å². The predicted molar refractivity (Wildman–Crippen MR) is 359 cm³/mol. The minimum atomic E-state index is -5.59. The van der Waals surface area contributed by atoms with Gasteiger partial charge in [0.15, 0.2) is 12.5 Å². The Hall–Kier alpha value is -8.73. The first-order valence-corrected chi connectivity index (χ1v) is 35.8. The summed E-state index contributed by atoms with van der Waals surface area (Å²) in [6.07, 6.45) is -9.21. The number of carbonyl (C=O) groups is 3. The van der Waals surface area contributed by atoms with Gasteiger partial charge in [0.2, 0.25) is 5.91 Å². The van der Waals surface area contributed by atoms with Crippen molar-refractivity contribution < 1.29 is 84.9 Å². The molecule has 5 saturated heterocycles. The molecule has 1 amide bonds. The molecule has 5 fully saturated rings. The molecule has 4 aromatic heterocycles. The average Bonchev–Trinajstić information content (AvgIpc) is 1.62. The zero-order chi connectivity index (χ0) is 72.9. The van der Waals surface area contributed by atoms with Crippen LogP contribution >= 0.6 is 15.6 Å². The molecule has 5 aliphatic heterocycles. The lowest BCUT2D eigenvalue weighted by Gasteiger charge is -2.35. The number of carbonyl (C=O) groups excluding carboxylic acids is 3. The SMILES string of the molecule is COC[C@H]1O[C@@H](n2cc(C#CCNC(=O)CN)c(=O)[nH]c2=O)C[C@@H]1OP(=O)([O-])OC[C@H]1O[C@@H](n2cc(-c3ccc(C4OC(=O)CCN4CCN(C)C)cc3)c(=O)[nH]c2=O)C[C@@H]1OP(=O)([O-])OC[C@H]1O[C@@H](n2cc(-c3ccc(C4OC(=O)CCN4Cc4ccccc4)cc3)c3c(N)ncnc32)C[C@@H]1O. The number of benzene rings is 3. The number of hydrogen-bond donors (Lipinski definition) is 6. The van der Waals surface area contributed by atoms with Gasteiger partial charge in [0, 0.05) is 94.4 Å². The van der Waals surface area contributed by atoms with E-state index < -0.39 is 131 Å². The number of aliphatic hydroxyl groups is 1. The lowest BCUT2D eigenvalue weighted by atomic mass is 10.0. The number of amides is 1. The summed E-state index contributed by atoms with van der Waals surface area (Å²) in [5.74, 6) is 4.03. The molecule has 103 heavy (non-hydrogen) atoms. The van der Waals surface area contributed by atoms with E-state index >= 15 is 0 Å². The number of aliphatic hydroxyl groups excluding tert-OH is 1. The second-order valence-corrected chi connectivity index (χ2v) is 28.0. The number of methoxy groups -OCH3 is 1. The summed E-state index contributed by atoms with van der Waals surface area (Å²) in [5.41, 5.74) is 12.1. The number of cyclic esters (lactones) is 2. The summed E-state index contributed by atoms with van der Waals surface area (Å²) in [6.45, 7) is 0.0897. The molecule has 35 nitrogen and oxygen atoms in total. The number of aromatic nitrogens is 7. The first kappa shape index (κ1) is 74.0. The maximum Gasteiger partial charge on any atom is 0.330 e. The van der Waals surface area contributed by atoms with Crippen LogP contribution in [0.4, 0.5) is 5.82 Å². The molecule has 0 bridgehead atoms. The third-order valence-corrected chi connectivity index (χ3v) is 19.9. The van der Waals surface area contributed by atoms with Crippen LogP contribution in [0.1, 0.15) is 85.5 Å². The highest BCUT2D eigenvalue weighted by molar-refractivity contribution is 7.46. The van der Waals surface area contributed by atoms with Gasteiger partial charge in [-0.15, -0.1) is 0 Å². The number of phosphoric ester groups is 2. The van der Waals surface area contributed by atoms with E-state index in [1.165, 1.54) is 19.6 Å². The summed E-state index contributed by atoms with van der Waals surface area (Å²) in [7, 11) is -6.02. The molecule has 37 heteroatoms. The van der Waals surface area contributed by atoms with E-state index in [0.717, 1.165) is 26.5 Å². The van der Waals surface area contributed by atoms with Crippen LogP contribution < -0.4 is 49.1 Å². The molecule has 3 aromatic carbocycles. The van der Waals surface area contributed by atoms with Gasteiger partial charge in [0.25, 0.3) is 26.8 Å². The number of aromatic amines is 2. The van der Waals surface area contributed by atoms with Gasteiger partial charge in [-0.3, -0.25) is 62.0 Å². The van der Waals surface area contributed by atoms with E-state index in [9.17, 15) is 57.6 Å². The number of phosphoric acid groups is 2. The molecule has 548 valence electrons. The Morgan fingerprint density at radius 1 is 0.709 bits per heavy atom. The standard InChI is InChI=1S/C66H77N13O22P2/c1-74(2)24-25-75-22-19-56(82)98-63(75)41-17-13-40(14-18-41)45-33-79(66(87)73-62(45)85)55-28-48(51(97-55)36-94-103(90,91)100-47-27-54(96-50(47)34-92-3)78-31-43(61(84)72-65(78)86)10-7-21-69-52(81)29-67)101-102(88,89)93-35-49-46(80)26-53(95-49)77-32-44(58-59(68)70-37-71-60(58)77)39-11-15-42(16-12-39)64-76(23-20-57(83)99-64)30-38-8-5-4-6-9-38/h4-6,8-9,11-18,31-33,37,46-51,53-55,63-64,80H,19-30,34-36,67H2,1-3H3,(H,69,81)(H,88,89)(H,90,91)(H2,68,70,71)(H,72,84,86)(H,73,85,87)/p-2/t46-,47-,48-,49+,50+,51+,53+,54+,55+,63?,64?/m0/s1. The van der Waals surface area contributed by atoms with Crippen LogP contribution in [-0.2, 0) is 76.6 Å². The van der Waals surface area contributed by atoms with Crippen molar-refractivity contribution >= 4 is 50.3 Å². The number of hydrogen-bond acceptors (Lipinski definition) is 29. The Balaban J connectivity index is 0.761. The first-order chi connectivity index (χ1) is 49.4. The van der Waals surface area contributed by atoms with E-state index in [1.54, 1.807) is 35.0 Å². The maximum atomic E-state index is 14.1. The van der Waals surface area contributed by atoms with Gasteiger partial charge in [0.1, 0.15) is 60.4 Å². The maximum absolute atomic E-state index is 14.1. The van der Waals surface area contributed by atoms with Crippen LogP contribution in [0.5, 0.6) is 0 Å². The van der Waals surface area contributed by atoms with Crippen LogP contribution in [0.25, 0.3) is 33.3 Å². The normalized spacial score (nSPS) is 25.1. The summed E-state index contributed by atoms with van der Waals surface area (Å²) < 4.78 is 89.0. The van der Waals surface area contributed by atoms with Crippen LogP contribution in [0.15, 0.2) is 123 Å². The van der Waals surface area contributed by atoms with Crippen molar-refractivity contribution in [1.29, 1.82) is 0 Å². The summed E-state index contributed by atoms with van der Waals surface area (Å²) in [4.78, 5) is 137. The number of anilines is 1. The van der Waals surface area contributed by atoms with Crippen LogP contribution in [-0.4, -0.2) is 188 Å². The minimum Gasteiger partial charge on any atom is -0.756 e. The number of rotatable bonds is 26. The fourth-order valence-corrected chi connectivity index (χ4v) is 14.6. The van der Waals surface area contributed by atoms with Crippen LogP contribution in [0, 0.1) is 11.8 Å². The number of fused-ring (bicyclic) bond motifs is 1. The lowest BCUT2D eigenvalue weighted by Crippen LogP contribution is -2.42. The van der Waals surface area contributed by atoms with E-state index in [-0.39, 0.29) is 74.3 Å². The number of nitrogen functional groups attached to an aromatic ring is 1. The van der Waals surface area contributed by atoms with Crippen molar-refractivity contribution in [3.8, 4) is 34.1 Å². The highest BCUT2D eigenvalue weighted by atomic mass is 31.2. The second-order valence-electron chi connectivity index (χ2n) is 25.2. The number of nitrogens with zero attached hydrogens (tertiary/aromatic N) is 8. The highest BCUT2D eigenvalue weighted by Crippen LogP contribution is 2.50. The summed E-state index contributed by atoms with van der Waals surface area (Å²) in [5, 5.41) is 14.4. The zero-order valence-electron chi connectivity index (χ0n) is 55.9. The number of likely N-dealkylation sites (N-methyl/N-ethyl adjacent to an activating group) is 1. The smallest absolute Gasteiger partial charge is 0.330 e. The van der Waals surface area contributed by atoms with E-state index in [1.807, 2.05) is 78.5 Å². The minimum absolute atomic E-state index is 0.0599. The molecule has 8 N–H and O–H groups in total. The first-order valence-electron chi connectivity index (χ1n) is 32.9. The molecular formula is C66H75N13O22P2-2. The van der Waals surface area contributed by atoms with Gasteiger partial charge in [0.05, 0.1) is 75.0 Å². The lowest BCUT2D eigenvalue weighted by molar-refractivity contribution is -0.238. The van der Waals surface area contributed by atoms with Crippen LogP contribution in [0.3, 0.4) is 0 Å². The third-order valence-electron chi connectivity index (χ3n) is 17.9. The van der Waals surface area contributed by atoms with Crippen molar-refractivity contribution in [3.63, 3.8) is 0 Å². The Bertz CT molecular complexity index is 4660. The Morgan fingerprint density at radius 2 is 1.25 bits per heavy atom. The van der Waals surface area contributed by atoms with Crippen molar-refractivity contribution in [2.75, 3.05) is 86.0 Å². The number of nitrogens with two attached hydrogens (primary N) is 2. The quantitative estimate of drug-likeness (QED) is 0.0247. The zero-order valence-corrected chi connectivity index (χ0v) is 57.7. The predicted octanol–water partition coefficient (Wildman–Crippen LogP) is 0.741. The van der Waals surface area contributed by atoms with Gasteiger partial charge in [-0.25, -0.2) is 19.6 Å². The van der Waals surface area contributed by atoms with Crippen molar-refractivity contribution in [2.24, 2.45) is 5.73 Å². The molecule has 9 heterocycles. The largest absolute Gasteiger partial charge is 0.756 e. The molecule has 4 unspecified atom stereocenters. The number of ether oxygens (including phenoxy) is 6. The molecule has 5 aliphatic rings. The Labute approximate surface area is 586 Å². The van der Waals surface area contributed by atoms with Gasteiger partial charge >= 0.3 is 23.3 Å². The molecule has 12 rings (SSSR count). The molecule has 0 radical (unpaired) electrons. The number of H-pyrrole nitrogens is 2. The molecule has 0 spiro atoms.